The lowest BCUT2D eigenvalue weighted by atomic mass is 11.8. The van der Waals surface area contributed by atoms with E-state index >= 15 is 0 Å². The molecule has 0 amide bonds. The van der Waals surface area contributed by atoms with Crippen LogP contribution in [-0.2, 0) is 20.6 Å². The van der Waals surface area contributed by atoms with Gasteiger partial charge in [0.15, 0.2) is 33.3 Å². The molecular formula is C26H86O5Si7. The van der Waals surface area contributed by atoms with Gasteiger partial charge in [-0.2, -0.15) is 0 Å². The summed E-state index contributed by atoms with van der Waals surface area (Å²) in [4.78, 5) is 0. The minimum absolute atomic E-state index is 0. The highest BCUT2D eigenvalue weighted by Gasteiger charge is 2.41. The maximum Gasteiger partial charge on any atom is 0.312 e. The molecule has 0 unspecified atom stereocenters. The minimum Gasteiger partial charge on any atom is -0.437 e. The topological polar surface area (TPSA) is 46.2 Å². The van der Waals surface area contributed by atoms with Crippen molar-refractivity contribution < 1.29 is 20.6 Å². The Kier molecular flexibility index (Phi) is 40.4. The van der Waals surface area contributed by atoms with Crippen molar-refractivity contribution in [2.24, 2.45) is 0 Å². The van der Waals surface area contributed by atoms with E-state index in [2.05, 4.69) is 118 Å². The molecule has 0 aromatic carbocycles. The molecule has 248 valence electrons. The van der Waals surface area contributed by atoms with Crippen molar-refractivity contribution in [2.75, 3.05) is 0 Å². The monoisotopic (exact) mass is 674 g/mol. The van der Waals surface area contributed by atoms with Crippen LogP contribution in [0, 0.1) is 0 Å². The van der Waals surface area contributed by atoms with Crippen molar-refractivity contribution in [2.45, 2.75) is 177 Å². The van der Waals surface area contributed by atoms with Crippen LogP contribution < -0.4 is 0 Å². The zero-order valence-electron chi connectivity index (χ0n) is 23.5. The van der Waals surface area contributed by atoms with E-state index in [9.17, 15) is 0 Å². The lowest BCUT2D eigenvalue weighted by Crippen LogP contribution is -2.55. The van der Waals surface area contributed by atoms with Crippen LogP contribution in [0.2, 0.25) is 118 Å². The first-order valence-electron chi connectivity index (χ1n) is 11.0. The summed E-state index contributed by atoms with van der Waals surface area (Å²) in [6.45, 7) is 39.4. The zero-order valence-corrected chi connectivity index (χ0v) is 30.5. The Morgan fingerprint density at radius 2 is 0.316 bits per heavy atom. The summed E-state index contributed by atoms with van der Waals surface area (Å²) in [5.41, 5.74) is 0. The van der Waals surface area contributed by atoms with Crippen molar-refractivity contribution in [1.82, 2.24) is 0 Å². The Balaban J connectivity index is -0.0000000435. The van der Waals surface area contributed by atoms with Crippen LogP contribution >= 0.6 is 0 Å². The third-order valence-electron chi connectivity index (χ3n) is 2.70. The highest BCUT2D eigenvalue weighted by atomic mass is 28.5. The number of hydrogen-bond acceptors (Lipinski definition) is 5. The van der Waals surface area contributed by atoms with Gasteiger partial charge in [-0.15, -0.1) is 0 Å². The standard InChI is InChI=1S/C10H30O3Si4.C8H24O2Si3.8CH4/c1-14(2,3)11-16(7,8)13-17(9,10)12-15(4,5)6;1-11(2,3)9-13(7,8)10-12(4,5)6;;;;;;;;/h1-10H3;1-8H3;8*1H4. The summed E-state index contributed by atoms with van der Waals surface area (Å²) in [7, 11) is -11.9. The van der Waals surface area contributed by atoms with E-state index in [4.69, 9.17) is 20.6 Å². The lowest BCUT2D eigenvalue weighted by Gasteiger charge is -2.39. The molecule has 0 aromatic heterocycles. The Labute approximate surface area is 255 Å². The molecular weight excluding hydrogens is 589 g/mol. The fourth-order valence-corrected chi connectivity index (χ4v) is 33.6. The Morgan fingerprint density at radius 1 is 0.211 bits per heavy atom. The molecule has 0 spiro atoms. The van der Waals surface area contributed by atoms with Gasteiger partial charge in [0.2, 0.25) is 0 Å². The van der Waals surface area contributed by atoms with Crippen LogP contribution in [0.1, 0.15) is 59.4 Å². The first kappa shape index (κ1) is 67.2. The largest absolute Gasteiger partial charge is 0.437 e. The molecule has 5 nitrogen and oxygen atoms in total. The van der Waals surface area contributed by atoms with Gasteiger partial charge in [0, 0.05) is 0 Å². The highest BCUT2D eigenvalue weighted by Crippen LogP contribution is 2.23. The summed E-state index contributed by atoms with van der Waals surface area (Å²) < 4.78 is 30.9. The zero-order chi connectivity index (χ0) is 25.0. The molecule has 0 aromatic rings. The lowest BCUT2D eigenvalue weighted by molar-refractivity contribution is 0.331. The van der Waals surface area contributed by atoms with Crippen LogP contribution in [-0.4, -0.2) is 59.0 Å². The molecule has 0 N–H and O–H groups in total. The Bertz CT molecular complexity index is 474. The summed E-state index contributed by atoms with van der Waals surface area (Å²) in [6, 6.07) is 0. The van der Waals surface area contributed by atoms with Gasteiger partial charge in [-0.3, -0.25) is 0 Å². The van der Waals surface area contributed by atoms with Crippen LogP contribution in [0.3, 0.4) is 0 Å². The van der Waals surface area contributed by atoms with Crippen molar-refractivity contribution >= 4 is 59.0 Å². The molecule has 0 saturated heterocycles. The predicted molar refractivity (Wildman–Crippen MR) is 205 cm³/mol. The second kappa shape index (κ2) is 22.9. The van der Waals surface area contributed by atoms with Crippen molar-refractivity contribution in [1.29, 1.82) is 0 Å². The SMILES string of the molecule is C.C.C.C.C.C.C.C.C[Si](C)(C)O[Si](C)(C)O[Si](C)(C)C.C[Si](C)(C)O[Si](C)(C)O[Si](C)(C)O[Si](C)(C)C. The van der Waals surface area contributed by atoms with E-state index in [1.165, 1.54) is 0 Å². The maximum absolute atomic E-state index is 6.28. The van der Waals surface area contributed by atoms with Crippen molar-refractivity contribution in [3.8, 4) is 0 Å². The van der Waals surface area contributed by atoms with Crippen LogP contribution in [0.15, 0.2) is 0 Å². The summed E-state index contributed by atoms with van der Waals surface area (Å²) in [5, 5.41) is 0. The number of hydrogen-bond donors (Lipinski definition) is 0. The fraction of sp³-hybridized carbons (Fsp3) is 1.00. The quantitative estimate of drug-likeness (QED) is 0.216. The van der Waals surface area contributed by atoms with Gasteiger partial charge in [-0.1, -0.05) is 59.4 Å². The van der Waals surface area contributed by atoms with E-state index in [1.54, 1.807) is 0 Å². The van der Waals surface area contributed by atoms with Crippen LogP contribution in [0.25, 0.3) is 0 Å². The van der Waals surface area contributed by atoms with Crippen molar-refractivity contribution in [3.05, 3.63) is 0 Å². The summed E-state index contributed by atoms with van der Waals surface area (Å²) >= 11 is 0. The fourth-order valence-electron chi connectivity index (χ4n) is 3.60. The smallest absolute Gasteiger partial charge is 0.312 e. The van der Waals surface area contributed by atoms with Gasteiger partial charge in [0.05, 0.1) is 0 Å². The molecule has 38 heavy (non-hydrogen) atoms. The molecule has 0 aliphatic rings. The van der Waals surface area contributed by atoms with Gasteiger partial charge in [0.25, 0.3) is 0 Å². The third kappa shape index (κ3) is 50.2. The second-order valence-corrected chi connectivity index (χ2v) is 42.5. The molecule has 0 bridgehead atoms. The van der Waals surface area contributed by atoms with E-state index in [0.29, 0.717) is 0 Å². The summed E-state index contributed by atoms with van der Waals surface area (Å²) in [5.74, 6) is 0. The van der Waals surface area contributed by atoms with Crippen LogP contribution in [0.4, 0.5) is 0 Å². The average Bonchev–Trinajstić information content (AvgIpc) is 2.09. The van der Waals surface area contributed by atoms with Gasteiger partial charge in [0.1, 0.15) is 0 Å². The molecule has 0 radical (unpaired) electrons. The van der Waals surface area contributed by atoms with Gasteiger partial charge in [-0.05, 0) is 118 Å². The molecule has 0 atom stereocenters. The summed E-state index contributed by atoms with van der Waals surface area (Å²) in [6.07, 6.45) is 0. The van der Waals surface area contributed by atoms with Gasteiger partial charge >= 0.3 is 25.7 Å². The molecule has 0 heterocycles. The molecule has 0 aliphatic heterocycles. The van der Waals surface area contributed by atoms with Crippen molar-refractivity contribution in [3.63, 3.8) is 0 Å². The predicted octanol–water partition coefficient (Wildman–Crippen LogP) is 12.6. The minimum atomic E-state index is -2.05. The van der Waals surface area contributed by atoms with E-state index < -0.39 is 59.0 Å². The molecule has 0 rings (SSSR count). The molecule has 0 saturated carbocycles. The normalized spacial score (nSPS) is 11.8. The van der Waals surface area contributed by atoms with Crippen LogP contribution in [0.5, 0.6) is 0 Å². The molecule has 0 fully saturated rings. The average molecular weight is 676 g/mol. The first-order chi connectivity index (χ1) is 12.5. The molecule has 0 aliphatic carbocycles. The number of rotatable bonds is 10. The maximum atomic E-state index is 6.28. The van der Waals surface area contributed by atoms with Gasteiger partial charge < -0.3 is 20.6 Å². The Morgan fingerprint density at radius 3 is 0.421 bits per heavy atom. The first-order valence-corrected chi connectivity index (χ1v) is 33.1. The highest BCUT2D eigenvalue weighted by molar-refractivity contribution is 6.89. The van der Waals surface area contributed by atoms with E-state index in [-0.39, 0.29) is 59.4 Å². The third-order valence-corrected chi connectivity index (χ3v) is 24.3. The molecule has 12 heteroatoms. The second-order valence-electron chi connectivity index (χ2n) is 13.2. The van der Waals surface area contributed by atoms with Gasteiger partial charge in [-0.25, -0.2) is 0 Å². The van der Waals surface area contributed by atoms with E-state index in [0.717, 1.165) is 0 Å². The Hall–Kier alpha value is 1.32. The van der Waals surface area contributed by atoms with E-state index in [1.807, 2.05) is 0 Å².